The van der Waals surface area contributed by atoms with Crippen molar-refractivity contribution in [3.05, 3.63) is 153 Å². The molecule has 0 aliphatic carbocycles. The molecule has 2 aliphatic rings. The number of rotatable bonds is 9. The van der Waals surface area contributed by atoms with Crippen LogP contribution in [0.2, 0.25) is 0 Å². The average Bonchev–Trinajstić information content (AvgIpc) is 3.34. The van der Waals surface area contributed by atoms with Gasteiger partial charge in [-0.2, -0.15) is 0 Å². The molecule has 1 saturated heterocycles. The van der Waals surface area contributed by atoms with Gasteiger partial charge in [-0.15, -0.1) is 0 Å². The number of likely N-dealkylation sites (N-methyl/N-ethyl adjacent to an activating group) is 1. The van der Waals surface area contributed by atoms with Gasteiger partial charge in [-0.1, -0.05) is 12.1 Å². The maximum Gasteiger partial charge on any atom is 0.259 e. The van der Waals surface area contributed by atoms with E-state index >= 15 is 0 Å². The summed E-state index contributed by atoms with van der Waals surface area (Å²) in [7, 11) is 1.68. The lowest BCUT2D eigenvalue weighted by atomic mass is 9.86. The van der Waals surface area contributed by atoms with Gasteiger partial charge >= 0.3 is 0 Å². The van der Waals surface area contributed by atoms with E-state index in [1.54, 1.807) is 51.2 Å². The van der Waals surface area contributed by atoms with Crippen molar-refractivity contribution in [2.45, 2.75) is 45.6 Å². The van der Waals surface area contributed by atoms with Crippen LogP contribution in [-0.4, -0.2) is 94.7 Å². The molecule has 0 radical (unpaired) electrons. The van der Waals surface area contributed by atoms with Crippen molar-refractivity contribution >= 4 is 56.4 Å². The van der Waals surface area contributed by atoms with Gasteiger partial charge in [0.15, 0.2) is 0 Å². The van der Waals surface area contributed by atoms with Crippen LogP contribution in [0.15, 0.2) is 120 Å². The standard InChI is InChI=1S/C27H29N7O2.C23H20N6O2/c1-17-11-21(3-4-22(17)18-6-9-34(10-7-18)15-24(35)28-2)32-26-25-19(5-8-31-27(25)36)12-23(33-26)20-13-29-16-30-14-20;1-14(30)29-7-5-15-8-19(3-2-17(15)12-29)27-22-21-16(4-6-26-23(21)31)9-20(28-22)18-10-24-13-25-11-18/h3-5,8,11-14,16,18H,6-7,9-10,15H2,1-2H3,(H,28,35)(H,31,36)(H,32,33);2-4,6,8-11,13H,5,7,12H2,1H3,(H,26,31)(H,27,28). The number of hydrogen-bond donors (Lipinski definition) is 5. The minimum absolute atomic E-state index is 0.0592. The molecule has 2 amide bonds. The van der Waals surface area contributed by atoms with Gasteiger partial charge in [-0.05, 0) is 127 Å². The molecule has 0 atom stereocenters. The molecular weight excluding hydrogens is 847 g/mol. The number of anilines is 4. The molecule has 17 nitrogen and oxygen atoms in total. The Hall–Kier alpha value is -8.18. The topological polar surface area (TPSA) is 220 Å². The highest BCUT2D eigenvalue weighted by Crippen LogP contribution is 2.34. The second-order valence-electron chi connectivity index (χ2n) is 16.7. The highest BCUT2D eigenvalue weighted by atomic mass is 16.2. The van der Waals surface area contributed by atoms with Gasteiger partial charge in [-0.25, -0.2) is 29.9 Å². The fraction of sp³-hybridized carbons (Fsp3) is 0.240. The van der Waals surface area contributed by atoms with E-state index in [1.807, 2.05) is 47.4 Å². The van der Waals surface area contributed by atoms with Gasteiger partial charge in [0.25, 0.3) is 11.1 Å². The monoisotopic (exact) mass is 895 g/mol. The van der Waals surface area contributed by atoms with E-state index in [9.17, 15) is 19.2 Å². The fourth-order valence-electron chi connectivity index (χ4n) is 8.84. The summed E-state index contributed by atoms with van der Waals surface area (Å²) in [5, 5.41) is 12.0. The first-order valence-electron chi connectivity index (χ1n) is 22.1. The highest BCUT2D eigenvalue weighted by Gasteiger charge is 2.24. The van der Waals surface area contributed by atoms with Crippen molar-refractivity contribution in [3.8, 4) is 22.5 Å². The number of nitrogens with zero attached hydrogens (tertiary/aromatic N) is 8. The Kier molecular flexibility index (Phi) is 12.8. The van der Waals surface area contributed by atoms with Gasteiger partial charge < -0.3 is 30.8 Å². The molecule has 67 heavy (non-hydrogen) atoms. The molecular formula is C50H49N13O4. The van der Waals surface area contributed by atoms with E-state index in [-0.39, 0.29) is 22.9 Å². The summed E-state index contributed by atoms with van der Waals surface area (Å²) in [5.74, 6) is 1.57. The molecule has 2 aromatic carbocycles. The summed E-state index contributed by atoms with van der Waals surface area (Å²) >= 11 is 0. The van der Waals surface area contributed by atoms with Gasteiger partial charge in [0.2, 0.25) is 11.8 Å². The number of hydrogen-bond acceptors (Lipinski definition) is 13. The predicted octanol–water partition coefficient (Wildman–Crippen LogP) is 6.39. The number of carbonyl (C=O) groups is 2. The Labute approximate surface area is 385 Å². The number of amides is 2. The van der Waals surface area contributed by atoms with Crippen LogP contribution in [0.5, 0.6) is 0 Å². The smallest absolute Gasteiger partial charge is 0.259 e. The van der Waals surface area contributed by atoms with Gasteiger partial charge in [0.1, 0.15) is 24.3 Å². The first kappa shape index (κ1) is 44.0. The number of pyridine rings is 4. The van der Waals surface area contributed by atoms with Crippen molar-refractivity contribution in [1.82, 2.24) is 55.0 Å². The summed E-state index contributed by atoms with van der Waals surface area (Å²) in [5.41, 5.74) is 9.05. The number of benzene rings is 2. The van der Waals surface area contributed by atoms with E-state index in [2.05, 4.69) is 75.9 Å². The van der Waals surface area contributed by atoms with Crippen LogP contribution in [0.25, 0.3) is 44.1 Å². The molecule has 0 unspecified atom stereocenters. The summed E-state index contributed by atoms with van der Waals surface area (Å²) < 4.78 is 0. The Balaban J connectivity index is 0.000000170. The van der Waals surface area contributed by atoms with E-state index in [1.165, 1.54) is 29.3 Å². The number of nitrogens with one attached hydrogen (secondary N) is 5. The summed E-state index contributed by atoms with van der Waals surface area (Å²) in [6.45, 7) is 7.32. The number of aryl methyl sites for hydroxylation is 1. The molecule has 8 aromatic rings. The normalized spacial score (nSPS) is 13.9. The molecule has 0 saturated carbocycles. The predicted molar refractivity (Wildman–Crippen MR) is 258 cm³/mol. The summed E-state index contributed by atoms with van der Waals surface area (Å²) in [4.78, 5) is 84.0. The van der Waals surface area contributed by atoms with Crippen LogP contribution in [0.1, 0.15) is 47.9 Å². The van der Waals surface area contributed by atoms with Crippen molar-refractivity contribution in [2.24, 2.45) is 0 Å². The van der Waals surface area contributed by atoms with E-state index < -0.39 is 0 Å². The summed E-state index contributed by atoms with van der Waals surface area (Å²) in [6.07, 6.45) is 15.8. The van der Waals surface area contributed by atoms with E-state index in [0.717, 1.165) is 71.2 Å². The van der Waals surface area contributed by atoms with Gasteiger partial charge in [0, 0.05) is 86.7 Å². The molecule has 10 rings (SSSR count). The lowest BCUT2D eigenvalue weighted by molar-refractivity contribution is -0.129. The van der Waals surface area contributed by atoms with Crippen LogP contribution < -0.4 is 27.1 Å². The average molecular weight is 896 g/mol. The Morgan fingerprint density at radius 1 is 0.701 bits per heavy atom. The number of H-pyrrole nitrogens is 2. The molecule has 338 valence electrons. The molecule has 17 heteroatoms. The molecule has 5 N–H and O–H groups in total. The third kappa shape index (κ3) is 9.91. The SMILES string of the molecule is CC(=O)N1CCc2cc(Nc3nc(-c4cncnc4)cc4cc[nH]c(=O)c34)ccc2C1.CNC(=O)CN1CCC(c2ccc(Nc3nc(-c4cncnc4)cc4cc[nH]c(=O)c34)cc2C)CC1. The van der Waals surface area contributed by atoms with E-state index in [4.69, 9.17) is 9.97 Å². The third-order valence-electron chi connectivity index (χ3n) is 12.4. The first-order chi connectivity index (χ1) is 32.6. The second kappa shape index (κ2) is 19.5. The Morgan fingerprint density at radius 2 is 1.25 bits per heavy atom. The van der Waals surface area contributed by atoms with Crippen molar-refractivity contribution in [3.63, 3.8) is 0 Å². The number of likely N-dealkylation sites (tertiary alicyclic amines) is 1. The largest absolute Gasteiger partial charge is 0.358 e. The highest BCUT2D eigenvalue weighted by molar-refractivity contribution is 5.96. The van der Waals surface area contributed by atoms with Crippen LogP contribution in [0, 0.1) is 6.92 Å². The number of carbonyl (C=O) groups excluding carboxylic acids is 2. The number of piperidine rings is 1. The molecule has 0 bridgehead atoms. The minimum Gasteiger partial charge on any atom is -0.358 e. The maximum atomic E-state index is 12.7. The lowest BCUT2D eigenvalue weighted by Crippen LogP contribution is -2.40. The summed E-state index contributed by atoms with van der Waals surface area (Å²) in [6, 6.07) is 19.8. The number of aromatic amines is 2. The van der Waals surface area contributed by atoms with Crippen molar-refractivity contribution in [1.29, 1.82) is 0 Å². The quantitative estimate of drug-likeness (QED) is 0.106. The molecule has 1 fully saturated rings. The fourth-order valence-corrected chi connectivity index (χ4v) is 8.84. The van der Waals surface area contributed by atoms with Crippen LogP contribution in [0.3, 0.4) is 0 Å². The Bertz CT molecular complexity index is 3230. The number of fused-ring (bicyclic) bond motifs is 3. The Morgan fingerprint density at radius 3 is 1.79 bits per heavy atom. The maximum absolute atomic E-state index is 12.7. The zero-order valence-corrected chi connectivity index (χ0v) is 37.3. The number of aromatic nitrogens is 8. The zero-order chi connectivity index (χ0) is 46.4. The van der Waals surface area contributed by atoms with Crippen LogP contribution in [-0.2, 0) is 22.6 Å². The lowest BCUT2D eigenvalue weighted by Gasteiger charge is -2.32. The second-order valence-corrected chi connectivity index (χ2v) is 16.7. The third-order valence-corrected chi connectivity index (χ3v) is 12.4. The van der Waals surface area contributed by atoms with Crippen LogP contribution >= 0.6 is 0 Å². The van der Waals surface area contributed by atoms with Crippen molar-refractivity contribution in [2.75, 3.05) is 43.9 Å². The van der Waals surface area contributed by atoms with E-state index in [0.29, 0.717) is 59.3 Å². The van der Waals surface area contributed by atoms with Crippen molar-refractivity contribution < 1.29 is 9.59 Å². The molecule has 0 spiro atoms. The minimum atomic E-state index is -0.210. The zero-order valence-electron chi connectivity index (χ0n) is 37.3. The first-order valence-corrected chi connectivity index (χ1v) is 22.1. The molecule has 2 aliphatic heterocycles. The van der Waals surface area contributed by atoms with Gasteiger partial charge in [-0.3, -0.25) is 24.1 Å². The molecule has 8 heterocycles. The van der Waals surface area contributed by atoms with Gasteiger partial charge in [0.05, 0.1) is 28.7 Å². The van der Waals surface area contributed by atoms with Crippen LogP contribution in [0.4, 0.5) is 23.0 Å². The molecule has 6 aromatic heterocycles.